The van der Waals surface area contributed by atoms with E-state index in [2.05, 4.69) is 15.1 Å². The third kappa shape index (κ3) is 5.04. The molecule has 0 bridgehead atoms. The quantitative estimate of drug-likeness (QED) is 0.597. The molecule has 4 aliphatic heterocycles. The highest BCUT2D eigenvalue weighted by molar-refractivity contribution is 6.23. The van der Waals surface area contributed by atoms with Gasteiger partial charge in [-0.1, -0.05) is 0 Å². The summed E-state index contributed by atoms with van der Waals surface area (Å²) >= 11 is 0. The third-order valence-corrected chi connectivity index (χ3v) is 7.29. The number of carbonyl (C=O) groups is 5. The summed E-state index contributed by atoms with van der Waals surface area (Å²) in [6, 6.07) is 4.27. The topological polar surface area (TPSA) is 120 Å². The van der Waals surface area contributed by atoms with Gasteiger partial charge in [-0.2, -0.15) is 0 Å². The second-order valence-electron chi connectivity index (χ2n) is 11.2. The highest BCUT2D eigenvalue weighted by Gasteiger charge is 2.45. The first-order valence-electron chi connectivity index (χ1n) is 12.8. The maximum Gasteiger partial charge on any atom is 0.410 e. The van der Waals surface area contributed by atoms with Crippen LogP contribution < -0.4 is 10.2 Å². The summed E-state index contributed by atoms with van der Waals surface area (Å²) in [5, 5.41) is 2.22. The van der Waals surface area contributed by atoms with E-state index in [1.807, 2.05) is 26.8 Å². The molecule has 37 heavy (non-hydrogen) atoms. The molecule has 5 rings (SSSR count). The lowest BCUT2D eigenvalue weighted by Crippen LogP contribution is -2.56. The van der Waals surface area contributed by atoms with Gasteiger partial charge in [-0.3, -0.25) is 34.3 Å². The number of hydrogen-bond acceptors (Lipinski definition) is 8. The predicted molar refractivity (Wildman–Crippen MR) is 133 cm³/mol. The Hall–Kier alpha value is -3.47. The Bertz CT molecular complexity index is 1150. The Balaban J connectivity index is 1.13. The largest absolute Gasteiger partial charge is 0.444 e. The number of anilines is 1. The smallest absolute Gasteiger partial charge is 0.410 e. The zero-order chi connectivity index (χ0) is 26.5. The standard InChI is InChI=1S/C26H33N5O6/c1-26(2,3)37-25(36)29-10-8-28(9-11-29)13-16-14-30(15-16)17-4-5-18-19(12-17)24(35)31(23(18)34)20-6-7-21(32)27-22(20)33/h4-5,12,16,20H,6-11,13-15H2,1-3H3,(H,27,32,33). The minimum atomic E-state index is -0.960. The second-order valence-corrected chi connectivity index (χ2v) is 11.2. The van der Waals surface area contributed by atoms with E-state index in [1.165, 1.54) is 0 Å². The number of benzene rings is 1. The Morgan fingerprint density at radius 3 is 2.32 bits per heavy atom. The number of ether oxygens (including phenoxy) is 1. The number of amides is 5. The van der Waals surface area contributed by atoms with Crippen molar-refractivity contribution in [1.82, 2.24) is 20.0 Å². The Morgan fingerprint density at radius 2 is 1.68 bits per heavy atom. The van der Waals surface area contributed by atoms with E-state index in [9.17, 15) is 24.0 Å². The van der Waals surface area contributed by atoms with Crippen molar-refractivity contribution in [2.45, 2.75) is 45.3 Å². The van der Waals surface area contributed by atoms with E-state index in [-0.39, 0.29) is 18.9 Å². The highest BCUT2D eigenvalue weighted by atomic mass is 16.6. The molecule has 0 saturated carbocycles. The lowest BCUT2D eigenvalue weighted by atomic mass is 9.97. The number of carbonyl (C=O) groups excluding carboxylic acids is 5. The highest BCUT2D eigenvalue weighted by Crippen LogP contribution is 2.33. The van der Waals surface area contributed by atoms with E-state index in [0.29, 0.717) is 30.1 Å². The van der Waals surface area contributed by atoms with Crippen molar-refractivity contribution in [1.29, 1.82) is 0 Å². The first-order chi connectivity index (χ1) is 17.5. The van der Waals surface area contributed by atoms with E-state index in [4.69, 9.17) is 4.74 Å². The van der Waals surface area contributed by atoms with Crippen molar-refractivity contribution in [3.63, 3.8) is 0 Å². The molecule has 3 fully saturated rings. The first kappa shape index (κ1) is 25.2. The molecule has 1 aromatic rings. The van der Waals surface area contributed by atoms with E-state index < -0.39 is 35.3 Å². The van der Waals surface area contributed by atoms with E-state index in [0.717, 1.165) is 43.3 Å². The molecule has 4 aliphatic rings. The van der Waals surface area contributed by atoms with E-state index in [1.54, 1.807) is 17.0 Å². The van der Waals surface area contributed by atoms with Crippen molar-refractivity contribution in [3.8, 4) is 0 Å². The SMILES string of the molecule is CC(C)(C)OC(=O)N1CCN(CC2CN(c3ccc4c(c3)C(=O)N(C3CCC(=O)NC3=O)C4=O)C2)CC1. The van der Waals surface area contributed by atoms with Crippen molar-refractivity contribution in [2.75, 3.05) is 50.7 Å². The second kappa shape index (κ2) is 9.44. The van der Waals surface area contributed by atoms with Crippen LogP contribution in [0.2, 0.25) is 0 Å². The number of nitrogens with zero attached hydrogens (tertiary/aromatic N) is 4. The number of hydrogen-bond donors (Lipinski definition) is 1. The third-order valence-electron chi connectivity index (χ3n) is 7.29. The van der Waals surface area contributed by atoms with Crippen LogP contribution in [-0.2, 0) is 14.3 Å². The number of nitrogens with one attached hydrogen (secondary N) is 1. The molecule has 4 heterocycles. The Kier molecular flexibility index (Phi) is 6.43. The van der Waals surface area contributed by atoms with Gasteiger partial charge in [-0.15, -0.1) is 0 Å². The monoisotopic (exact) mass is 511 g/mol. The van der Waals surface area contributed by atoms with Gasteiger partial charge in [0.25, 0.3) is 11.8 Å². The van der Waals surface area contributed by atoms with Gasteiger partial charge in [0.2, 0.25) is 11.8 Å². The normalized spacial score (nSPS) is 23.2. The molecule has 0 spiro atoms. The molecule has 3 saturated heterocycles. The summed E-state index contributed by atoms with van der Waals surface area (Å²) in [5.74, 6) is -1.51. The van der Waals surface area contributed by atoms with Crippen LogP contribution in [0.4, 0.5) is 10.5 Å². The molecule has 5 amide bonds. The van der Waals surface area contributed by atoms with Gasteiger partial charge < -0.3 is 14.5 Å². The molecule has 1 aromatic carbocycles. The fourth-order valence-electron chi connectivity index (χ4n) is 5.36. The van der Waals surface area contributed by atoms with Crippen LogP contribution in [0.5, 0.6) is 0 Å². The van der Waals surface area contributed by atoms with Crippen LogP contribution >= 0.6 is 0 Å². The fourth-order valence-corrected chi connectivity index (χ4v) is 5.36. The number of piperazine rings is 1. The van der Waals surface area contributed by atoms with Crippen LogP contribution in [0.3, 0.4) is 0 Å². The number of imide groups is 2. The van der Waals surface area contributed by atoms with Gasteiger partial charge in [0, 0.05) is 63.8 Å². The van der Waals surface area contributed by atoms with Gasteiger partial charge >= 0.3 is 6.09 Å². The van der Waals surface area contributed by atoms with Crippen LogP contribution in [0.25, 0.3) is 0 Å². The average Bonchev–Trinajstić information content (AvgIpc) is 3.05. The fraction of sp³-hybridized carbons (Fsp3) is 0.577. The molecule has 198 valence electrons. The maximum absolute atomic E-state index is 13.1. The zero-order valence-corrected chi connectivity index (χ0v) is 21.5. The Morgan fingerprint density at radius 1 is 1.00 bits per heavy atom. The van der Waals surface area contributed by atoms with Crippen LogP contribution in [0, 0.1) is 5.92 Å². The molecule has 1 unspecified atom stereocenters. The van der Waals surface area contributed by atoms with Crippen molar-refractivity contribution < 1.29 is 28.7 Å². The number of rotatable bonds is 4. The van der Waals surface area contributed by atoms with Gasteiger partial charge in [0.15, 0.2) is 0 Å². The van der Waals surface area contributed by atoms with Gasteiger partial charge in [0.05, 0.1) is 11.1 Å². The summed E-state index contributed by atoms with van der Waals surface area (Å²) in [6.07, 6.45) is -0.0221. The zero-order valence-electron chi connectivity index (χ0n) is 21.5. The maximum atomic E-state index is 13.1. The lowest BCUT2D eigenvalue weighted by molar-refractivity contribution is -0.136. The molecule has 1 N–H and O–H groups in total. The van der Waals surface area contributed by atoms with Crippen LogP contribution in [0.15, 0.2) is 18.2 Å². The molecule has 0 radical (unpaired) electrons. The first-order valence-corrected chi connectivity index (χ1v) is 12.8. The summed E-state index contributed by atoms with van der Waals surface area (Å²) in [7, 11) is 0. The van der Waals surface area contributed by atoms with Gasteiger partial charge in [0.1, 0.15) is 11.6 Å². The van der Waals surface area contributed by atoms with Gasteiger partial charge in [-0.05, 0) is 45.4 Å². The Labute approximate surface area is 215 Å². The minimum Gasteiger partial charge on any atom is -0.444 e. The average molecular weight is 512 g/mol. The number of fused-ring (bicyclic) bond motifs is 1. The predicted octanol–water partition coefficient (Wildman–Crippen LogP) is 1.08. The molecule has 0 aromatic heterocycles. The van der Waals surface area contributed by atoms with Crippen LogP contribution in [0.1, 0.15) is 54.3 Å². The van der Waals surface area contributed by atoms with Crippen molar-refractivity contribution in [3.05, 3.63) is 29.3 Å². The summed E-state index contributed by atoms with van der Waals surface area (Å²) in [4.78, 5) is 69.2. The molecular weight excluding hydrogens is 478 g/mol. The molecule has 1 atom stereocenters. The molecule has 11 heteroatoms. The minimum absolute atomic E-state index is 0.0975. The summed E-state index contributed by atoms with van der Waals surface area (Å²) < 4.78 is 5.47. The summed E-state index contributed by atoms with van der Waals surface area (Å²) in [6.45, 7) is 11.1. The van der Waals surface area contributed by atoms with Crippen molar-refractivity contribution in [2.24, 2.45) is 5.92 Å². The molecule has 0 aliphatic carbocycles. The molecular formula is C26H33N5O6. The van der Waals surface area contributed by atoms with E-state index >= 15 is 0 Å². The lowest BCUT2D eigenvalue weighted by Gasteiger charge is -2.44. The van der Waals surface area contributed by atoms with Crippen molar-refractivity contribution >= 4 is 35.4 Å². The summed E-state index contributed by atoms with van der Waals surface area (Å²) in [5.41, 5.74) is 0.964. The molecule has 11 nitrogen and oxygen atoms in total. The van der Waals surface area contributed by atoms with Gasteiger partial charge in [-0.25, -0.2) is 4.79 Å². The number of piperidine rings is 1. The van der Waals surface area contributed by atoms with Crippen LogP contribution in [-0.4, -0.2) is 102 Å².